The summed E-state index contributed by atoms with van der Waals surface area (Å²) in [7, 11) is 0. The maximum Gasteiger partial charge on any atom is 0.165 e. The molecule has 0 N–H and O–H groups in total. The van der Waals surface area contributed by atoms with E-state index in [0.29, 0.717) is 17.5 Å². The highest BCUT2D eigenvalue weighted by Gasteiger charge is 2.19. The van der Waals surface area contributed by atoms with Gasteiger partial charge in [-0.15, -0.1) is 0 Å². The van der Waals surface area contributed by atoms with Crippen LogP contribution in [0, 0.1) is 0 Å². The zero-order chi connectivity index (χ0) is 22.2. The van der Waals surface area contributed by atoms with E-state index in [9.17, 15) is 0 Å². The van der Waals surface area contributed by atoms with Gasteiger partial charge >= 0.3 is 0 Å². The molecule has 0 unspecified atom stereocenters. The van der Waals surface area contributed by atoms with Gasteiger partial charge in [-0.25, -0.2) is 15.0 Å². The minimum Gasteiger partial charge on any atom is -0.208 e. The molecular weight excluding hydrogens is 470 g/mol. The number of rotatable bonds is 3. The largest absolute Gasteiger partial charge is 0.208 e. The first-order valence-electron chi connectivity index (χ1n) is 10.8. The van der Waals surface area contributed by atoms with Gasteiger partial charge < -0.3 is 0 Å². The zero-order valence-corrected chi connectivity index (χ0v) is 19.2. The summed E-state index contributed by atoms with van der Waals surface area (Å²) in [6.45, 7) is 0. The molecule has 0 spiro atoms. The van der Waals surface area contributed by atoms with E-state index in [1.165, 1.54) is 10.8 Å². The van der Waals surface area contributed by atoms with Crippen LogP contribution in [-0.2, 0) is 0 Å². The van der Waals surface area contributed by atoms with Crippen LogP contribution >= 0.6 is 15.9 Å². The lowest BCUT2D eigenvalue weighted by Gasteiger charge is -2.14. The fourth-order valence-electron chi connectivity index (χ4n) is 4.24. The molecule has 5 aromatic carbocycles. The molecule has 0 bridgehead atoms. The summed E-state index contributed by atoms with van der Waals surface area (Å²) in [5, 5.41) is 4.61. The van der Waals surface area contributed by atoms with E-state index in [-0.39, 0.29) is 0 Å². The van der Waals surface area contributed by atoms with E-state index < -0.39 is 0 Å². The minimum absolute atomic E-state index is 0.650. The zero-order valence-electron chi connectivity index (χ0n) is 17.6. The first-order valence-corrected chi connectivity index (χ1v) is 11.5. The van der Waals surface area contributed by atoms with Crippen LogP contribution in [0.2, 0.25) is 0 Å². The van der Waals surface area contributed by atoms with E-state index in [4.69, 9.17) is 15.0 Å². The lowest BCUT2D eigenvalue weighted by Crippen LogP contribution is -2.01. The van der Waals surface area contributed by atoms with Crippen LogP contribution in [0.3, 0.4) is 0 Å². The minimum atomic E-state index is 0.650. The Kier molecular flexibility index (Phi) is 4.93. The normalized spacial score (nSPS) is 11.2. The maximum absolute atomic E-state index is 4.96. The Labute approximate surface area is 199 Å². The van der Waals surface area contributed by atoms with Gasteiger partial charge in [0.1, 0.15) is 0 Å². The Bertz CT molecular complexity index is 1560. The SMILES string of the molecule is Brc1c(-c2nc(-c3ccccc3)nc(-c3ccccc3)n2)c2ccccc2c2ccccc12. The summed E-state index contributed by atoms with van der Waals surface area (Å²) < 4.78 is 0.987. The predicted octanol–water partition coefficient (Wildman–Crippen LogP) is 7.94. The van der Waals surface area contributed by atoms with Crippen molar-refractivity contribution in [1.82, 2.24) is 15.0 Å². The lowest BCUT2D eigenvalue weighted by molar-refractivity contribution is 1.08. The van der Waals surface area contributed by atoms with Crippen LogP contribution in [0.4, 0.5) is 0 Å². The van der Waals surface area contributed by atoms with Crippen molar-refractivity contribution in [2.75, 3.05) is 0 Å². The molecule has 33 heavy (non-hydrogen) atoms. The van der Waals surface area contributed by atoms with Crippen LogP contribution in [0.5, 0.6) is 0 Å². The number of fused-ring (bicyclic) bond motifs is 3. The van der Waals surface area contributed by atoms with E-state index in [2.05, 4.69) is 64.5 Å². The molecule has 6 aromatic rings. The second kappa shape index (κ2) is 8.23. The van der Waals surface area contributed by atoms with Crippen molar-refractivity contribution in [3.63, 3.8) is 0 Å². The molecule has 0 aliphatic rings. The van der Waals surface area contributed by atoms with Gasteiger partial charge in [-0.2, -0.15) is 0 Å². The first kappa shape index (κ1) is 19.8. The second-order valence-corrected chi connectivity index (χ2v) is 8.61. The molecule has 1 aromatic heterocycles. The van der Waals surface area contributed by atoms with Crippen LogP contribution < -0.4 is 0 Å². The summed E-state index contributed by atoms with van der Waals surface area (Å²) in [6, 6.07) is 37.0. The molecule has 4 heteroatoms. The van der Waals surface area contributed by atoms with Crippen molar-refractivity contribution >= 4 is 37.5 Å². The Morgan fingerprint density at radius 3 is 1.33 bits per heavy atom. The molecule has 3 nitrogen and oxygen atoms in total. The monoisotopic (exact) mass is 487 g/mol. The number of hydrogen-bond donors (Lipinski definition) is 0. The first-order chi connectivity index (χ1) is 16.3. The van der Waals surface area contributed by atoms with Gasteiger partial charge in [0.2, 0.25) is 0 Å². The molecule has 0 atom stereocenters. The molecule has 156 valence electrons. The third-order valence-electron chi connectivity index (χ3n) is 5.79. The predicted molar refractivity (Wildman–Crippen MR) is 139 cm³/mol. The molecule has 0 fully saturated rings. The third kappa shape index (κ3) is 3.49. The topological polar surface area (TPSA) is 38.7 Å². The van der Waals surface area contributed by atoms with Gasteiger partial charge in [0.25, 0.3) is 0 Å². The van der Waals surface area contributed by atoms with E-state index in [1.54, 1.807) is 0 Å². The van der Waals surface area contributed by atoms with Gasteiger partial charge in [0.05, 0.1) is 0 Å². The highest BCUT2D eigenvalue weighted by Crippen LogP contribution is 2.41. The van der Waals surface area contributed by atoms with Gasteiger partial charge in [-0.3, -0.25) is 0 Å². The fraction of sp³-hybridized carbons (Fsp3) is 0. The molecule has 0 aliphatic carbocycles. The smallest absolute Gasteiger partial charge is 0.165 e. The summed E-state index contributed by atoms with van der Waals surface area (Å²) >= 11 is 3.90. The molecule has 0 amide bonds. The Morgan fingerprint density at radius 2 is 0.788 bits per heavy atom. The quantitative estimate of drug-likeness (QED) is 0.237. The third-order valence-corrected chi connectivity index (χ3v) is 6.62. The summed E-state index contributed by atoms with van der Waals surface area (Å²) in [6.07, 6.45) is 0. The van der Waals surface area contributed by atoms with E-state index >= 15 is 0 Å². The lowest BCUT2D eigenvalue weighted by atomic mass is 9.96. The summed E-state index contributed by atoms with van der Waals surface area (Å²) in [5.74, 6) is 1.96. The number of benzene rings is 5. The van der Waals surface area contributed by atoms with Crippen molar-refractivity contribution in [3.05, 3.63) is 114 Å². The number of nitrogens with zero attached hydrogens (tertiary/aromatic N) is 3. The molecule has 0 saturated heterocycles. The molecule has 0 aliphatic heterocycles. The summed E-state index contributed by atoms with van der Waals surface area (Å²) in [5.41, 5.74) is 2.89. The van der Waals surface area contributed by atoms with Gasteiger partial charge in [-0.05, 0) is 37.5 Å². The van der Waals surface area contributed by atoms with Crippen LogP contribution in [0.25, 0.3) is 55.7 Å². The van der Waals surface area contributed by atoms with Gasteiger partial charge in [0.15, 0.2) is 17.5 Å². The number of aromatic nitrogens is 3. The van der Waals surface area contributed by atoms with Gasteiger partial charge in [-0.1, -0.05) is 109 Å². The average Bonchev–Trinajstić information content (AvgIpc) is 2.90. The number of hydrogen-bond acceptors (Lipinski definition) is 3. The molecule has 0 saturated carbocycles. The van der Waals surface area contributed by atoms with Crippen molar-refractivity contribution < 1.29 is 0 Å². The van der Waals surface area contributed by atoms with Crippen LogP contribution in [0.15, 0.2) is 114 Å². The number of halogens is 1. The second-order valence-electron chi connectivity index (χ2n) is 7.82. The molecule has 0 radical (unpaired) electrons. The van der Waals surface area contributed by atoms with E-state index in [0.717, 1.165) is 31.9 Å². The van der Waals surface area contributed by atoms with Crippen molar-refractivity contribution in [1.29, 1.82) is 0 Å². The van der Waals surface area contributed by atoms with Gasteiger partial charge in [0, 0.05) is 21.2 Å². The average molecular weight is 488 g/mol. The standard InChI is InChI=1S/C29H18BrN3/c30-26-24-18-10-8-16-22(24)21-15-7-9-17-23(21)25(26)29-32-27(19-11-3-1-4-12-19)31-28(33-29)20-13-5-2-6-14-20/h1-18H. The highest BCUT2D eigenvalue weighted by atomic mass is 79.9. The van der Waals surface area contributed by atoms with Crippen molar-refractivity contribution in [3.8, 4) is 34.2 Å². The molecular formula is C29H18BrN3. The van der Waals surface area contributed by atoms with Crippen molar-refractivity contribution in [2.24, 2.45) is 0 Å². The van der Waals surface area contributed by atoms with Crippen LogP contribution in [-0.4, -0.2) is 15.0 Å². The van der Waals surface area contributed by atoms with Crippen molar-refractivity contribution in [2.45, 2.75) is 0 Å². The molecule has 1 heterocycles. The Balaban J connectivity index is 1.71. The summed E-state index contributed by atoms with van der Waals surface area (Å²) in [4.78, 5) is 14.8. The van der Waals surface area contributed by atoms with Crippen LogP contribution in [0.1, 0.15) is 0 Å². The fourth-order valence-corrected chi connectivity index (χ4v) is 4.97. The highest BCUT2D eigenvalue weighted by molar-refractivity contribution is 9.10. The molecule has 6 rings (SSSR count). The van der Waals surface area contributed by atoms with E-state index in [1.807, 2.05) is 60.7 Å². The Hall–Kier alpha value is -3.89. The Morgan fingerprint density at radius 1 is 0.394 bits per heavy atom. The maximum atomic E-state index is 4.96.